The number of carbonyl (C=O) groups excluding carboxylic acids is 1. The van der Waals surface area contributed by atoms with Crippen LogP contribution in [0, 0.1) is 18.7 Å². The predicted octanol–water partition coefficient (Wildman–Crippen LogP) is 2.78. The zero-order valence-corrected chi connectivity index (χ0v) is 18.5. The van der Waals surface area contributed by atoms with Crippen LogP contribution in [0.25, 0.3) is 11.0 Å². The van der Waals surface area contributed by atoms with E-state index in [4.69, 9.17) is 0 Å². The molecule has 0 aliphatic heterocycles. The maximum Gasteiger partial charge on any atom is 0.269 e. The molecule has 174 valence electrons. The summed E-state index contributed by atoms with van der Waals surface area (Å²) in [5.41, 5.74) is 1.22. The number of fused-ring (bicyclic) bond motifs is 1. The van der Waals surface area contributed by atoms with E-state index in [-0.39, 0.29) is 29.0 Å². The van der Waals surface area contributed by atoms with Gasteiger partial charge in [0, 0.05) is 31.2 Å². The molecule has 0 unspecified atom stereocenters. The number of aromatic nitrogens is 3. The fourth-order valence-electron chi connectivity index (χ4n) is 4.11. The van der Waals surface area contributed by atoms with E-state index in [1.807, 2.05) is 0 Å². The van der Waals surface area contributed by atoms with Gasteiger partial charge in [-0.3, -0.25) is 9.59 Å². The molecule has 10 heteroatoms. The van der Waals surface area contributed by atoms with Gasteiger partial charge in [0.05, 0.1) is 11.2 Å². The highest BCUT2D eigenvalue weighted by atomic mass is 19.1. The summed E-state index contributed by atoms with van der Waals surface area (Å²) in [7, 11) is 1.47. The van der Waals surface area contributed by atoms with Gasteiger partial charge in [-0.2, -0.15) is 4.39 Å². The van der Waals surface area contributed by atoms with E-state index in [9.17, 15) is 18.4 Å². The minimum atomic E-state index is -0.703. The smallest absolute Gasteiger partial charge is 0.269 e. The highest BCUT2D eigenvalue weighted by Gasteiger charge is 2.22. The number of aryl methyl sites for hydroxylation is 1. The molecule has 2 heterocycles. The van der Waals surface area contributed by atoms with Crippen LogP contribution in [0.3, 0.4) is 0 Å². The SMILES string of the molecule is CNC(=O)c1ccc(NC2CCC(NCc3ccc4nc(C)c(=O)[nH]c4c3F)CC2)c(F)n1. The number of aromatic amines is 1. The summed E-state index contributed by atoms with van der Waals surface area (Å²) in [6, 6.07) is 6.69. The third-order valence-electron chi connectivity index (χ3n) is 6.03. The van der Waals surface area contributed by atoms with Gasteiger partial charge in [0.2, 0.25) is 5.95 Å². The first kappa shape index (κ1) is 22.8. The van der Waals surface area contributed by atoms with E-state index in [2.05, 4.69) is 30.9 Å². The minimum Gasteiger partial charge on any atom is -0.379 e. The van der Waals surface area contributed by atoms with Crippen molar-refractivity contribution in [3.05, 3.63) is 63.3 Å². The van der Waals surface area contributed by atoms with Crippen molar-refractivity contribution in [1.29, 1.82) is 0 Å². The third kappa shape index (κ3) is 5.00. The summed E-state index contributed by atoms with van der Waals surface area (Å²) < 4.78 is 29.1. The maximum atomic E-state index is 14.9. The first-order valence-corrected chi connectivity index (χ1v) is 10.9. The number of hydrogen-bond donors (Lipinski definition) is 4. The van der Waals surface area contributed by atoms with Crippen LogP contribution in [0.5, 0.6) is 0 Å². The number of carbonyl (C=O) groups is 1. The van der Waals surface area contributed by atoms with Gasteiger partial charge in [-0.15, -0.1) is 0 Å². The minimum absolute atomic E-state index is 0.0318. The van der Waals surface area contributed by atoms with Gasteiger partial charge in [-0.25, -0.2) is 14.4 Å². The number of H-pyrrole nitrogens is 1. The highest BCUT2D eigenvalue weighted by molar-refractivity contribution is 5.92. The van der Waals surface area contributed by atoms with Gasteiger partial charge in [0.1, 0.15) is 16.9 Å². The van der Waals surface area contributed by atoms with Gasteiger partial charge in [-0.05, 0) is 50.8 Å². The second kappa shape index (κ2) is 9.62. The topological polar surface area (TPSA) is 112 Å². The van der Waals surface area contributed by atoms with Crippen LogP contribution in [0.2, 0.25) is 0 Å². The van der Waals surface area contributed by atoms with Crippen LogP contribution in [0.4, 0.5) is 14.5 Å². The Balaban J connectivity index is 1.32. The number of pyridine rings is 1. The van der Waals surface area contributed by atoms with Crippen molar-refractivity contribution in [2.75, 3.05) is 12.4 Å². The Labute approximate surface area is 189 Å². The Morgan fingerprint density at radius 2 is 1.82 bits per heavy atom. The van der Waals surface area contributed by atoms with E-state index in [0.717, 1.165) is 25.7 Å². The molecule has 0 spiro atoms. The number of nitrogens with zero attached hydrogens (tertiary/aromatic N) is 2. The van der Waals surface area contributed by atoms with Gasteiger partial charge >= 0.3 is 0 Å². The fraction of sp³-hybridized carbons (Fsp3) is 0.391. The van der Waals surface area contributed by atoms with Crippen LogP contribution in [0.15, 0.2) is 29.1 Å². The lowest BCUT2D eigenvalue weighted by Gasteiger charge is -2.30. The number of nitrogens with one attached hydrogen (secondary N) is 4. The van der Waals surface area contributed by atoms with Crippen LogP contribution in [-0.4, -0.2) is 40.0 Å². The summed E-state index contributed by atoms with van der Waals surface area (Å²) in [5.74, 6) is -1.61. The molecule has 3 aromatic rings. The average molecular weight is 456 g/mol. The molecule has 4 rings (SSSR count). The molecule has 0 saturated heterocycles. The third-order valence-corrected chi connectivity index (χ3v) is 6.03. The maximum absolute atomic E-state index is 14.9. The molecule has 4 N–H and O–H groups in total. The van der Waals surface area contributed by atoms with Crippen LogP contribution >= 0.6 is 0 Å². The van der Waals surface area contributed by atoms with E-state index in [0.29, 0.717) is 23.3 Å². The number of rotatable bonds is 6. The molecule has 1 aromatic carbocycles. The summed E-state index contributed by atoms with van der Waals surface area (Å²) in [6.07, 6.45) is 3.31. The lowest BCUT2D eigenvalue weighted by Crippen LogP contribution is -2.37. The van der Waals surface area contributed by atoms with Gasteiger partial charge in [-0.1, -0.05) is 6.07 Å². The predicted molar refractivity (Wildman–Crippen MR) is 121 cm³/mol. The van der Waals surface area contributed by atoms with Gasteiger partial charge in [0.15, 0.2) is 5.82 Å². The largest absolute Gasteiger partial charge is 0.379 e. The standard InChI is InChI=1S/C23H26F2N6O2/c1-12-22(32)31-20-16(28-12)8-3-13(19(20)24)11-27-14-4-6-15(7-5-14)29-17-9-10-18(23(33)26-2)30-21(17)25/h3,8-10,14-15,27,29H,4-7,11H2,1-2H3,(H,26,33)(H,31,32). The van der Waals surface area contributed by atoms with E-state index in [1.165, 1.54) is 19.2 Å². The Hall–Kier alpha value is -3.40. The van der Waals surface area contributed by atoms with Crippen molar-refractivity contribution in [3.63, 3.8) is 0 Å². The number of amides is 1. The number of benzene rings is 1. The molecular formula is C23H26F2N6O2. The summed E-state index contributed by atoms with van der Waals surface area (Å²) in [6.45, 7) is 1.92. The van der Waals surface area contributed by atoms with E-state index >= 15 is 0 Å². The second-order valence-electron chi connectivity index (χ2n) is 8.27. The van der Waals surface area contributed by atoms with Crippen molar-refractivity contribution >= 4 is 22.6 Å². The molecule has 1 aliphatic carbocycles. The van der Waals surface area contributed by atoms with E-state index < -0.39 is 23.2 Å². The highest BCUT2D eigenvalue weighted by Crippen LogP contribution is 2.24. The summed E-state index contributed by atoms with van der Waals surface area (Å²) in [5, 5.41) is 8.97. The molecule has 0 atom stereocenters. The second-order valence-corrected chi connectivity index (χ2v) is 8.27. The zero-order chi connectivity index (χ0) is 23.5. The Bertz CT molecular complexity index is 1240. The first-order valence-electron chi connectivity index (χ1n) is 10.9. The monoisotopic (exact) mass is 456 g/mol. The lowest BCUT2D eigenvalue weighted by molar-refractivity contribution is 0.0957. The summed E-state index contributed by atoms with van der Waals surface area (Å²) in [4.78, 5) is 33.8. The van der Waals surface area contributed by atoms with Gasteiger partial charge in [0.25, 0.3) is 11.5 Å². The first-order chi connectivity index (χ1) is 15.9. The van der Waals surface area contributed by atoms with Crippen LogP contribution in [0.1, 0.15) is 47.4 Å². The van der Waals surface area contributed by atoms with Crippen molar-refractivity contribution in [1.82, 2.24) is 25.6 Å². The quantitative estimate of drug-likeness (QED) is 0.425. The lowest BCUT2D eigenvalue weighted by atomic mass is 9.91. The molecule has 0 bridgehead atoms. The molecule has 2 aromatic heterocycles. The molecule has 1 fully saturated rings. The molecule has 1 amide bonds. The number of anilines is 1. The average Bonchev–Trinajstić information content (AvgIpc) is 2.81. The van der Waals surface area contributed by atoms with Crippen molar-refractivity contribution < 1.29 is 13.6 Å². The molecule has 0 radical (unpaired) electrons. The number of hydrogen-bond acceptors (Lipinski definition) is 6. The van der Waals surface area contributed by atoms with Crippen molar-refractivity contribution in [2.45, 2.75) is 51.2 Å². The van der Waals surface area contributed by atoms with Crippen molar-refractivity contribution in [3.8, 4) is 0 Å². The summed E-state index contributed by atoms with van der Waals surface area (Å²) >= 11 is 0. The Kier molecular flexibility index (Phi) is 6.64. The van der Waals surface area contributed by atoms with Crippen LogP contribution in [-0.2, 0) is 6.54 Å². The van der Waals surface area contributed by atoms with E-state index in [1.54, 1.807) is 19.1 Å². The zero-order valence-electron chi connectivity index (χ0n) is 18.5. The molecule has 1 aliphatic rings. The Morgan fingerprint density at radius 3 is 2.52 bits per heavy atom. The number of halogens is 2. The van der Waals surface area contributed by atoms with Crippen molar-refractivity contribution in [2.24, 2.45) is 0 Å². The Morgan fingerprint density at radius 1 is 1.09 bits per heavy atom. The normalized spacial score (nSPS) is 18.3. The fourth-order valence-corrected chi connectivity index (χ4v) is 4.11. The molecular weight excluding hydrogens is 430 g/mol. The van der Waals surface area contributed by atoms with Gasteiger partial charge < -0.3 is 20.9 Å². The molecule has 1 saturated carbocycles. The van der Waals surface area contributed by atoms with Crippen LogP contribution < -0.4 is 21.5 Å². The molecule has 8 nitrogen and oxygen atoms in total. The molecule has 33 heavy (non-hydrogen) atoms.